The normalized spacial score (nSPS) is 19.2. The summed E-state index contributed by atoms with van der Waals surface area (Å²) in [7, 11) is 0. The topological polar surface area (TPSA) is 75.8 Å². The summed E-state index contributed by atoms with van der Waals surface area (Å²) in [6.07, 6.45) is -0.818. The van der Waals surface area contributed by atoms with Crippen molar-refractivity contribution < 1.29 is 23.6 Å². The molecule has 31 heavy (non-hydrogen) atoms. The van der Waals surface area contributed by atoms with E-state index in [1.54, 1.807) is 35.2 Å². The Morgan fingerprint density at radius 2 is 1.90 bits per heavy atom. The highest BCUT2D eigenvalue weighted by molar-refractivity contribution is 6.42. The summed E-state index contributed by atoms with van der Waals surface area (Å²) in [5.74, 6) is -0.357. The van der Waals surface area contributed by atoms with Crippen LogP contribution < -0.4 is 4.74 Å². The quantitative estimate of drug-likeness (QED) is 0.598. The van der Waals surface area contributed by atoms with E-state index in [-0.39, 0.29) is 17.4 Å². The van der Waals surface area contributed by atoms with Crippen molar-refractivity contribution in [3.8, 4) is 17.1 Å². The van der Waals surface area contributed by atoms with Gasteiger partial charge in [-0.25, -0.2) is 4.39 Å². The van der Waals surface area contributed by atoms with E-state index >= 15 is 0 Å². The molecule has 2 heterocycles. The molecule has 1 aliphatic rings. The van der Waals surface area contributed by atoms with Gasteiger partial charge in [-0.1, -0.05) is 40.5 Å². The van der Waals surface area contributed by atoms with E-state index in [2.05, 4.69) is 5.16 Å². The van der Waals surface area contributed by atoms with Crippen LogP contribution in [-0.2, 0) is 0 Å². The molecule has 1 fully saturated rings. The Hall–Kier alpha value is -2.61. The first-order chi connectivity index (χ1) is 14.9. The van der Waals surface area contributed by atoms with Gasteiger partial charge in [-0.05, 0) is 36.8 Å². The number of benzene rings is 2. The number of carbonyl (C=O) groups is 1. The molecule has 162 valence electrons. The van der Waals surface area contributed by atoms with Gasteiger partial charge >= 0.3 is 0 Å². The van der Waals surface area contributed by atoms with Crippen molar-refractivity contribution in [2.45, 2.75) is 25.0 Å². The molecule has 2 aromatic carbocycles. The predicted octanol–water partition coefficient (Wildman–Crippen LogP) is 4.83. The van der Waals surface area contributed by atoms with Crippen LogP contribution in [0.15, 0.2) is 53.1 Å². The van der Waals surface area contributed by atoms with Crippen LogP contribution in [0.1, 0.15) is 23.3 Å². The second-order valence-corrected chi connectivity index (χ2v) is 8.04. The van der Waals surface area contributed by atoms with E-state index in [0.29, 0.717) is 47.3 Å². The van der Waals surface area contributed by atoms with E-state index in [1.165, 1.54) is 18.2 Å². The Labute approximate surface area is 188 Å². The lowest BCUT2D eigenvalue weighted by molar-refractivity contribution is 0.0328. The predicted molar refractivity (Wildman–Crippen MR) is 114 cm³/mol. The minimum atomic E-state index is -0.832. The number of nitrogens with zero attached hydrogens (tertiary/aromatic N) is 2. The number of hydrogen-bond acceptors (Lipinski definition) is 5. The van der Waals surface area contributed by atoms with E-state index in [9.17, 15) is 14.3 Å². The van der Waals surface area contributed by atoms with Crippen LogP contribution in [0, 0.1) is 5.82 Å². The highest BCUT2D eigenvalue weighted by atomic mass is 35.5. The van der Waals surface area contributed by atoms with Gasteiger partial charge in [0.2, 0.25) is 0 Å². The SMILES string of the molecule is O=C(c1cc(-c2ccc(Cl)c(Cl)c2)on1)N1CC[C@H](Oc2ccccc2F)[C@@H](O)CC1. The van der Waals surface area contributed by atoms with Crippen molar-refractivity contribution in [3.05, 3.63) is 70.1 Å². The minimum Gasteiger partial charge on any atom is -0.485 e. The Bertz CT molecular complexity index is 1090. The molecule has 4 rings (SSSR count). The molecular weight excluding hydrogens is 446 g/mol. The van der Waals surface area contributed by atoms with Crippen LogP contribution in [0.2, 0.25) is 10.0 Å². The molecule has 1 amide bonds. The summed E-state index contributed by atoms with van der Waals surface area (Å²) < 4.78 is 24.9. The van der Waals surface area contributed by atoms with Gasteiger partial charge in [-0.2, -0.15) is 0 Å². The summed E-state index contributed by atoms with van der Waals surface area (Å²) in [5.41, 5.74) is 0.787. The Kier molecular flexibility index (Phi) is 6.46. The first-order valence-corrected chi connectivity index (χ1v) is 10.5. The van der Waals surface area contributed by atoms with E-state index in [4.69, 9.17) is 32.5 Å². The van der Waals surface area contributed by atoms with Crippen LogP contribution >= 0.6 is 23.2 Å². The summed E-state index contributed by atoms with van der Waals surface area (Å²) in [4.78, 5) is 14.5. The standard InChI is InChI=1S/C22H19Cl2FN2O4/c23-14-6-5-13(11-15(14)24)21-12-17(26-31-21)22(29)27-9-7-18(28)20(8-10-27)30-19-4-2-1-3-16(19)25/h1-6,11-12,18,20,28H,7-10H2/t18-,20-/m0/s1. The van der Waals surface area contributed by atoms with Gasteiger partial charge in [0.25, 0.3) is 5.91 Å². The lowest BCUT2D eigenvalue weighted by atomic mass is 10.1. The van der Waals surface area contributed by atoms with Gasteiger partial charge in [-0.3, -0.25) is 4.79 Å². The number of aliphatic hydroxyl groups is 1. The fourth-order valence-corrected chi connectivity index (χ4v) is 3.73. The Balaban J connectivity index is 1.44. The van der Waals surface area contributed by atoms with E-state index < -0.39 is 18.0 Å². The molecule has 3 aromatic rings. The minimum absolute atomic E-state index is 0.0779. The Morgan fingerprint density at radius 1 is 1.13 bits per heavy atom. The number of para-hydroxylation sites is 1. The van der Waals surface area contributed by atoms with Gasteiger partial charge in [-0.15, -0.1) is 0 Å². The summed E-state index contributed by atoms with van der Waals surface area (Å²) in [6.45, 7) is 0.635. The number of ether oxygens (including phenoxy) is 1. The maximum absolute atomic E-state index is 13.9. The van der Waals surface area contributed by atoms with E-state index in [1.807, 2.05) is 0 Å². The third-order valence-corrected chi connectivity index (χ3v) is 5.88. The number of halogens is 3. The molecule has 2 atom stereocenters. The van der Waals surface area contributed by atoms with Crippen LogP contribution in [0.3, 0.4) is 0 Å². The smallest absolute Gasteiger partial charge is 0.276 e. The molecule has 0 radical (unpaired) electrons. The number of aliphatic hydroxyl groups excluding tert-OH is 1. The zero-order valence-electron chi connectivity index (χ0n) is 16.3. The maximum atomic E-state index is 13.9. The van der Waals surface area contributed by atoms with Gasteiger partial charge in [0.05, 0.1) is 16.1 Å². The molecule has 0 saturated carbocycles. The summed E-state index contributed by atoms with van der Waals surface area (Å²) >= 11 is 12.0. The molecular formula is C22H19Cl2FN2O4. The number of aromatic nitrogens is 1. The molecule has 0 spiro atoms. The van der Waals surface area contributed by atoms with Gasteiger partial charge < -0.3 is 19.3 Å². The second-order valence-electron chi connectivity index (χ2n) is 7.23. The fourth-order valence-electron chi connectivity index (χ4n) is 3.43. The van der Waals surface area contributed by atoms with Crippen molar-refractivity contribution in [1.29, 1.82) is 0 Å². The lowest BCUT2D eigenvalue weighted by Gasteiger charge is -2.21. The van der Waals surface area contributed by atoms with Crippen LogP contribution in [0.25, 0.3) is 11.3 Å². The fraction of sp³-hybridized carbons (Fsp3) is 0.273. The van der Waals surface area contributed by atoms with Crippen LogP contribution in [0.4, 0.5) is 4.39 Å². The largest absolute Gasteiger partial charge is 0.485 e. The van der Waals surface area contributed by atoms with Gasteiger partial charge in [0.1, 0.15) is 6.10 Å². The number of hydrogen-bond donors (Lipinski definition) is 1. The number of rotatable bonds is 4. The third-order valence-electron chi connectivity index (χ3n) is 5.14. The van der Waals surface area contributed by atoms with Crippen LogP contribution in [0.5, 0.6) is 5.75 Å². The third kappa shape index (κ3) is 4.84. The molecule has 0 aliphatic carbocycles. The highest BCUT2D eigenvalue weighted by Crippen LogP contribution is 2.29. The van der Waals surface area contributed by atoms with Gasteiger partial charge in [0.15, 0.2) is 23.0 Å². The zero-order chi connectivity index (χ0) is 22.0. The average Bonchev–Trinajstić information content (AvgIpc) is 3.18. The molecule has 1 N–H and O–H groups in total. The van der Waals surface area contributed by atoms with Crippen molar-refractivity contribution in [2.75, 3.05) is 13.1 Å². The molecule has 9 heteroatoms. The van der Waals surface area contributed by atoms with Crippen LogP contribution in [-0.4, -0.2) is 46.4 Å². The summed E-state index contributed by atoms with van der Waals surface area (Å²) in [6, 6.07) is 12.6. The van der Waals surface area contributed by atoms with Crippen molar-refractivity contribution >= 4 is 29.1 Å². The number of amides is 1. The molecule has 1 aliphatic heterocycles. The average molecular weight is 465 g/mol. The molecule has 1 saturated heterocycles. The molecule has 6 nitrogen and oxygen atoms in total. The molecule has 0 unspecified atom stereocenters. The monoisotopic (exact) mass is 464 g/mol. The van der Waals surface area contributed by atoms with Crippen molar-refractivity contribution in [1.82, 2.24) is 10.1 Å². The Morgan fingerprint density at radius 3 is 2.68 bits per heavy atom. The summed E-state index contributed by atoms with van der Waals surface area (Å²) in [5, 5.41) is 15.1. The first-order valence-electron chi connectivity index (χ1n) is 9.73. The van der Waals surface area contributed by atoms with Crippen molar-refractivity contribution in [3.63, 3.8) is 0 Å². The molecule has 0 bridgehead atoms. The van der Waals surface area contributed by atoms with Crippen molar-refractivity contribution in [2.24, 2.45) is 0 Å². The van der Waals surface area contributed by atoms with Gasteiger partial charge in [0, 0.05) is 31.1 Å². The first kappa shape index (κ1) is 21.6. The highest BCUT2D eigenvalue weighted by Gasteiger charge is 2.30. The zero-order valence-corrected chi connectivity index (χ0v) is 17.8. The second kappa shape index (κ2) is 9.26. The number of carbonyl (C=O) groups excluding carboxylic acids is 1. The number of likely N-dealkylation sites (tertiary alicyclic amines) is 1. The molecule has 1 aromatic heterocycles. The lowest BCUT2D eigenvalue weighted by Crippen LogP contribution is -2.33. The van der Waals surface area contributed by atoms with E-state index in [0.717, 1.165) is 0 Å². The maximum Gasteiger partial charge on any atom is 0.276 e.